The van der Waals surface area contributed by atoms with Crippen LogP contribution in [0.1, 0.15) is 29.2 Å². The Morgan fingerprint density at radius 1 is 1.05 bits per heavy atom. The number of benzene rings is 2. The number of aryl methyl sites for hydroxylation is 2. The van der Waals surface area contributed by atoms with Gasteiger partial charge >= 0.3 is 0 Å². The lowest BCUT2D eigenvalue weighted by Crippen LogP contribution is -2.18. The maximum absolute atomic E-state index is 5.98. The quantitative estimate of drug-likeness (QED) is 0.896. The Balaban J connectivity index is 2.10. The topological polar surface area (TPSA) is 35.2 Å². The molecule has 1 atom stereocenters. The van der Waals surface area contributed by atoms with Gasteiger partial charge in [0, 0.05) is 6.04 Å². The average molecular weight is 269 g/mol. The molecule has 0 bridgehead atoms. The largest absolute Gasteiger partial charge is 0.489 e. The van der Waals surface area contributed by atoms with Crippen LogP contribution >= 0.6 is 0 Å². The summed E-state index contributed by atoms with van der Waals surface area (Å²) in [4.78, 5) is 0. The Kier molecular flexibility index (Phi) is 4.80. The normalized spacial score (nSPS) is 12.2. The highest BCUT2D eigenvalue weighted by Crippen LogP contribution is 2.21. The molecule has 20 heavy (non-hydrogen) atoms. The van der Waals surface area contributed by atoms with Crippen LogP contribution in [0.25, 0.3) is 0 Å². The Morgan fingerprint density at radius 3 is 2.35 bits per heavy atom. The van der Waals surface area contributed by atoms with E-state index in [1.165, 1.54) is 22.3 Å². The lowest BCUT2D eigenvalue weighted by Gasteiger charge is -2.13. The number of hydrogen-bond acceptors (Lipinski definition) is 2. The molecule has 0 amide bonds. The first-order valence-electron chi connectivity index (χ1n) is 7.08. The third-order valence-corrected chi connectivity index (χ3v) is 3.19. The number of hydrogen-bond donors (Lipinski definition) is 1. The third kappa shape index (κ3) is 4.10. The first-order valence-corrected chi connectivity index (χ1v) is 7.08. The van der Waals surface area contributed by atoms with Gasteiger partial charge in [-0.15, -0.1) is 0 Å². The van der Waals surface area contributed by atoms with Crippen LogP contribution in [0.5, 0.6) is 5.75 Å². The second-order valence-corrected chi connectivity index (χ2v) is 5.57. The fourth-order valence-electron chi connectivity index (χ4n) is 2.47. The molecule has 2 aromatic rings. The van der Waals surface area contributed by atoms with Gasteiger partial charge in [0.1, 0.15) is 12.4 Å². The third-order valence-electron chi connectivity index (χ3n) is 3.19. The monoisotopic (exact) mass is 269 g/mol. The molecule has 2 N–H and O–H groups in total. The Hall–Kier alpha value is -1.80. The smallest absolute Gasteiger partial charge is 0.123 e. The Labute approximate surface area is 121 Å². The summed E-state index contributed by atoms with van der Waals surface area (Å²) in [5.41, 5.74) is 10.8. The molecule has 1 unspecified atom stereocenters. The maximum Gasteiger partial charge on any atom is 0.123 e. The standard InChI is InChI=1S/C18H23NO/c1-13-8-14(2)10-16(9-13)12-20-18-7-5-4-6-17(18)11-15(3)19/h4-10,15H,11-12,19H2,1-3H3. The minimum atomic E-state index is 0.140. The van der Waals surface area contributed by atoms with Gasteiger partial charge in [-0.1, -0.05) is 47.5 Å². The second kappa shape index (κ2) is 6.58. The van der Waals surface area contributed by atoms with Gasteiger partial charge in [0.25, 0.3) is 0 Å². The molecule has 2 heteroatoms. The molecule has 0 spiro atoms. The van der Waals surface area contributed by atoms with Crippen LogP contribution in [-0.4, -0.2) is 6.04 Å². The summed E-state index contributed by atoms with van der Waals surface area (Å²) < 4.78 is 5.98. The Morgan fingerprint density at radius 2 is 1.70 bits per heavy atom. The molecular weight excluding hydrogens is 246 g/mol. The highest BCUT2D eigenvalue weighted by molar-refractivity contribution is 5.35. The number of nitrogens with two attached hydrogens (primary N) is 1. The highest BCUT2D eigenvalue weighted by Gasteiger charge is 2.06. The SMILES string of the molecule is Cc1cc(C)cc(COc2ccccc2CC(C)N)c1. The van der Waals surface area contributed by atoms with Crippen LogP contribution in [0.15, 0.2) is 42.5 Å². The van der Waals surface area contributed by atoms with Gasteiger partial charge in [0.15, 0.2) is 0 Å². The van der Waals surface area contributed by atoms with Gasteiger partial charge in [-0.3, -0.25) is 0 Å². The minimum absolute atomic E-state index is 0.140. The molecule has 0 aliphatic carbocycles. The molecule has 0 aliphatic heterocycles. The van der Waals surface area contributed by atoms with Crippen LogP contribution in [-0.2, 0) is 13.0 Å². The molecule has 0 saturated carbocycles. The summed E-state index contributed by atoms with van der Waals surface area (Å²) in [6, 6.07) is 14.8. The van der Waals surface area contributed by atoms with E-state index in [0.29, 0.717) is 6.61 Å². The molecule has 2 aromatic carbocycles. The van der Waals surface area contributed by atoms with Gasteiger partial charge in [0.05, 0.1) is 0 Å². The van der Waals surface area contributed by atoms with Crippen LogP contribution in [0.3, 0.4) is 0 Å². The first-order chi connectivity index (χ1) is 9.54. The van der Waals surface area contributed by atoms with Gasteiger partial charge in [-0.05, 0) is 44.4 Å². The predicted octanol–water partition coefficient (Wildman–Crippen LogP) is 3.77. The van der Waals surface area contributed by atoms with E-state index in [-0.39, 0.29) is 6.04 Å². The summed E-state index contributed by atoms with van der Waals surface area (Å²) in [5.74, 6) is 0.934. The molecule has 0 aromatic heterocycles. The summed E-state index contributed by atoms with van der Waals surface area (Å²) in [6.07, 6.45) is 0.836. The van der Waals surface area contributed by atoms with Crippen molar-refractivity contribution in [2.75, 3.05) is 0 Å². The molecule has 106 valence electrons. The zero-order valence-electron chi connectivity index (χ0n) is 12.5. The molecule has 0 radical (unpaired) electrons. The lowest BCUT2D eigenvalue weighted by molar-refractivity contribution is 0.302. The molecule has 2 rings (SSSR count). The summed E-state index contributed by atoms with van der Waals surface area (Å²) in [6.45, 7) is 6.83. The van der Waals surface area contributed by atoms with E-state index >= 15 is 0 Å². The van der Waals surface area contributed by atoms with Crippen molar-refractivity contribution in [3.05, 3.63) is 64.7 Å². The highest BCUT2D eigenvalue weighted by atomic mass is 16.5. The van der Waals surface area contributed by atoms with Gasteiger partial charge in [-0.2, -0.15) is 0 Å². The zero-order valence-corrected chi connectivity index (χ0v) is 12.5. The maximum atomic E-state index is 5.98. The molecule has 2 nitrogen and oxygen atoms in total. The lowest BCUT2D eigenvalue weighted by atomic mass is 10.1. The predicted molar refractivity (Wildman–Crippen MR) is 84.0 cm³/mol. The fourth-order valence-corrected chi connectivity index (χ4v) is 2.47. The van der Waals surface area contributed by atoms with Crippen LogP contribution in [0.4, 0.5) is 0 Å². The van der Waals surface area contributed by atoms with Gasteiger partial charge in [0.2, 0.25) is 0 Å². The van der Waals surface area contributed by atoms with E-state index in [1.54, 1.807) is 0 Å². The van der Waals surface area contributed by atoms with E-state index < -0.39 is 0 Å². The van der Waals surface area contributed by atoms with E-state index in [4.69, 9.17) is 10.5 Å². The van der Waals surface area contributed by atoms with Crippen molar-refractivity contribution in [2.24, 2.45) is 5.73 Å². The molecule has 0 saturated heterocycles. The minimum Gasteiger partial charge on any atom is -0.489 e. The van der Waals surface area contributed by atoms with Crippen molar-refractivity contribution in [3.8, 4) is 5.75 Å². The summed E-state index contributed by atoms with van der Waals surface area (Å²) in [7, 11) is 0. The van der Waals surface area contributed by atoms with E-state index in [0.717, 1.165) is 12.2 Å². The van der Waals surface area contributed by atoms with Crippen molar-refractivity contribution in [1.82, 2.24) is 0 Å². The van der Waals surface area contributed by atoms with Gasteiger partial charge in [-0.25, -0.2) is 0 Å². The van der Waals surface area contributed by atoms with Crippen LogP contribution < -0.4 is 10.5 Å². The Bertz CT molecular complexity index is 555. The molecule has 0 heterocycles. The van der Waals surface area contributed by atoms with Crippen molar-refractivity contribution < 1.29 is 4.74 Å². The number of rotatable bonds is 5. The fraction of sp³-hybridized carbons (Fsp3) is 0.333. The van der Waals surface area contributed by atoms with E-state index in [1.807, 2.05) is 25.1 Å². The number of para-hydroxylation sites is 1. The van der Waals surface area contributed by atoms with Crippen molar-refractivity contribution in [3.63, 3.8) is 0 Å². The summed E-state index contributed by atoms with van der Waals surface area (Å²) >= 11 is 0. The molecule has 0 aliphatic rings. The van der Waals surface area contributed by atoms with Crippen molar-refractivity contribution in [2.45, 2.75) is 39.8 Å². The van der Waals surface area contributed by atoms with Crippen molar-refractivity contribution >= 4 is 0 Å². The van der Waals surface area contributed by atoms with E-state index in [2.05, 4.69) is 38.1 Å². The second-order valence-electron chi connectivity index (χ2n) is 5.57. The average Bonchev–Trinajstić information content (AvgIpc) is 2.36. The molecular formula is C18H23NO. The van der Waals surface area contributed by atoms with Crippen molar-refractivity contribution in [1.29, 1.82) is 0 Å². The summed E-state index contributed by atoms with van der Waals surface area (Å²) in [5, 5.41) is 0. The van der Waals surface area contributed by atoms with Crippen LogP contribution in [0.2, 0.25) is 0 Å². The van der Waals surface area contributed by atoms with Gasteiger partial charge < -0.3 is 10.5 Å². The number of ether oxygens (including phenoxy) is 1. The van der Waals surface area contributed by atoms with Crippen LogP contribution in [0, 0.1) is 13.8 Å². The molecule has 0 fully saturated rings. The van der Waals surface area contributed by atoms with E-state index in [9.17, 15) is 0 Å². The first kappa shape index (κ1) is 14.6. The zero-order chi connectivity index (χ0) is 14.5.